The van der Waals surface area contributed by atoms with Gasteiger partial charge < -0.3 is 4.90 Å². The number of hydrogen-bond donors (Lipinski definition) is 0. The summed E-state index contributed by atoms with van der Waals surface area (Å²) in [5, 5.41) is 0. The van der Waals surface area contributed by atoms with Gasteiger partial charge in [0.2, 0.25) is 0 Å². The zero-order chi connectivity index (χ0) is 61.7. The minimum Gasteiger partial charge on any atom is -0.311 e. The highest BCUT2D eigenvalue weighted by Crippen LogP contribution is 2.63. The van der Waals surface area contributed by atoms with Crippen LogP contribution in [0.2, 0.25) is 0 Å². The van der Waals surface area contributed by atoms with Gasteiger partial charge in [0.05, 0.1) is 0 Å². The molecule has 28 heteroatoms. The van der Waals surface area contributed by atoms with Crippen LogP contribution in [0, 0.1) is 0 Å². The molecule has 6 rings (SSSR count). The Kier molecular flexibility index (Phi) is 16.8. The third-order valence-electron chi connectivity index (χ3n) is 12.6. The molecule has 6 aromatic carbocycles. The van der Waals surface area contributed by atoms with E-state index in [1.54, 1.807) is 0 Å². The van der Waals surface area contributed by atoms with E-state index in [-0.39, 0.29) is 70.2 Å². The number of hydrogen-bond acceptors (Lipinski definition) is 1. The maximum absolute atomic E-state index is 13.8. The van der Waals surface area contributed by atoms with Gasteiger partial charge in [-0.05, 0) is 86.5 Å². The molecule has 0 saturated heterocycles. The molecule has 0 bridgehead atoms. The Morgan fingerprint density at radius 2 is 0.378 bits per heavy atom. The molecular weight excluding hydrogens is 1180 g/mol. The first-order chi connectivity index (χ1) is 37.4. The number of alkyl halides is 27. The van der Waals surface area contributed by atoms with Crippen LogP contribution in [0.4, 0.5) is 136 Å². The summed E-state index contributed by atoms with van der Waals surface area (Å²) in [6.45, 7) is 0. The lowest BCUT2D eigenvalue weighted by atomic mass is 9.77. The third kappa shape index (κ3) is 11.6. The van der Waals surface area contributed by atoms with Gasteiger partial charge in [-0.2, -0.15) is 119 Å². The molecular formula is C54H30F27N. The molecule has 0 aliphatic carbocycles. The van der Waals surface area contributed by atoms with Gasteiger partial charge in [0.15, 0.2) is 0 Å². The van der Waals surface area contributed by atoms with Crippen LogP contribution in [0.25, 0.3) is 36.5 Å². The van der Waals surface area contributed by atoms with Crippen LogP contribution in [0.5, 0.6) is 0 Å². The summed E-state index contributed by atoms with van der Waals surface area (Å²) in [7, 11) is 0. The van der Waals surface area contributed by atoms with Gasteiger partial charge >= 0.3 is 55.6 Å². The van der Waals surface area contributed by atoms with E-state index in [4.69, 9.17) is 0 Å². The number of rotatable bonds is 12. The molecule has 0 atom stereocenters. The molecule has 0 spiro atoms. The predicted octanol–water partition coefficient (Wildman–Crippen LogP) is 20.4. The average molecular weight is 1210 g/mol. The molecule has 0 heterocycles. The summed E-state index contributed by atoms with van der Waals surface area (Å²) in [6.07, 6.45) is -56.3. The average Bonchev–Trinajstić information content (AvgIpc) is 1.38. The van der Waals surface area contributed by atoms with E-state index in [1.165, 1.54) is 77.7 Å². The first-order valence-electron chi connectivity index (χ1n) is 22.4. The normalized spacial score (nSPS) is 14.4. The van der Waals surface area contributed by atoms with Crippen molar-refractivity contribution < 1.29 is 119 Å². The van der Waals surface area contributed by atoms with Crippen LogP contribution in [-0.4, -0.2) is 55.6 Å². The molecule has 0 N–H and O–H groups in total. The van der Waals surface area contributed by atoms with Crippen molar-refractivity contribution in [3.8, 4) is 0 Å². The van der Waals surface area contributed by atoms with E-state index >= 15 is 0 Å². The van der Waals surface area contributed by atoms with Crippen LogP contribution in [-0.2, 0) is 16.2 Å². The van der Waals surface area contributed by atoms with E-state index < -0.39 is 105 Å². The van der Waals surface area contributed by atoms with Crippen LogP contribution in [0.15, 0.2) is 146 Å². The molecule has 0 aromatic heterocycles. The Bertz CT molecular complexity index is 2810. The van der Waals surface area contributed by atoms with Crippen molar-refractivity contribution in [1.82, 2.24) is 0 Å². The molecule has 1 nitrogen and oxygen atoms in total. The van der Waals surface area contributed by atoms with Gasteiger partial charge in [-0.3, -0.25) is 0 Å². The highest BCUT2D eigenvalue weighted by atomic mass is 19.5. The summed E-state index contributed by atoms with van der Waals surface area (Å²) < 4.78 is 374. The topological polar surface area (TPSA) is 3.24 Å². The number of benzene rings is 6. The monoisotopic (exact) mass is 1210 g/mol. The van der Waals surface area contributed by atoms with E-state index in [0.717, 1.165) is 54.7 Å². The fourth-order valence-corrected chi connectivity index (χ4v) is 8.77. The summed E-state index contributed by atoms with van der Waals surface area (Å²) in [5.41, 5.74) is -26.2. The molecule has 0 saturated carbocycles. The zero-order valence-electron chi connectivity index (χ0n) is 40.0. The molecule has 440 valence electrons. The van der Waals surface area contributed by atoms with Crippen molar-refractivity contribution in [1.29, 1.82) is 0 Å². The SMILES string of the molecule is FC(F)(F)C(c1cccc(/C=C/c2ccc(N(c3ccc(/C=C/c4cccc(C(C(F)(F)F)(C(F)(F)F)C(F)(F)F)c4)cc3)c3ccc(/C=C/c4cccc(C(C(F)(F)F)(C(F)(F)F)C(F)(F)F)c4)cc3)cc2)c1)(C(F)(F)F)C(F)(F)F. The van der Waals surface area contributed by atoms with E-state index in [1.807, 2.05) is 0 Å². The second-order valence-corrected chi connectivity index (χ2v) is 17.7. The smallest absolute Gasteiger partial charge is 0.311 e. The Labute approximate surface area is 443 Å². The molecule has 0 amide bonds. The maximum atomic E-state index is 13.8. The molecule has 82 heavy (non-hydrogen) atoms. The lowest BCUT2D eigenvalue weighted by Crippen LogP contribution is -2.63. The van der Waals surface area contributed by atoms with Crippen LogP contribution >= 0.6 is 0 Å². The van der Waals surface area contributed by atoms with Crippen molar-refractivity contribution >= 4 is 53.5 Å². The van der Waals surface area contributed by atoms with Crippen LogP contribution in [0.3, 0.4) is 0 Å². The van der Waals surface area contributed by atoms with Crippen molar-refractivity contribution in [3.05, 3.63) is 196 Å². The van der Waals surface area contributed by atoms with E-state index in [2.05, 4.69) is 0 Å². The summed E-state index contributed by atoms with van der Waals surface area (Å²) in [6, 6.07) is 20.2. The van der Waals surface area contributed by atoms with Gasteiger partial charge in [-0.1, -0.05) is 146 Å². The van der Waals surface area contributed by atoms with Crippen molar-refractivity contribution in [2.75, 3.05) is 4.90 Å². The minimum atomic E-state index is -6.91. The fraction of sp³-hybridized carbons (Fsp3) is 0.222. The molecule has 6 aromatic rings. The lowest BCUT2D eigenvalue weighted by Gasteiger charge is -2.39. The quantitative estimate of drug-likeness (QED) is 0.0872. The van der Waals surface area contributed by atoms with Gasteiger partial charge in [0.25, 0.3) is 16.2 Å². The van der Waals surface area contributed by atoms with Crippen LogP contribution < -0.4 is 4.90 Å². The summed E-state index contributed by atoms with van der Waals surface area (Å²) >= 11 is 0. The molecule has 0 fully saturated rings. The van der Waals surface area contributed by atoms with Gasteiger partial charge in [-0.25, -0.2) is 0 Å². The number of halogens is 27. The van der Waals surface area contributed by atoms with Gasteiger partial charge in [0.1, 0.15) is 0 Å². The maximum Gasteiger partial charge on any atom is 0.416 e. The van der Waals surface area contributed by atoms with Gasteiger partial charge in [0, 0.05) is 17.1 Å². The Hall–Kier alpha value is -7.55. The zero-order valence-corrected chi connectivity index (χ0v) is 40.0. The first kappa shape index (κ1) is 63.6. The van der Waals surface area contributed by atoms with Crippen molar-refractivity contribution in [2.45, 2.75) is 71.8 Å². The predicted molar refractivity (Wildman–Crippen MR) is 247 cm³/mol. The highest BCUT2D eigenvalue weighted by molar-refractivity contribution is 5.81. The minimum absolute atomic E-state index is 0.00188. The Balaban J connectivity index is 1.38. The number of anilines is 3. The fourth-order valence-electron chi connectivity index (χ4n) is 8.77. The largest absolute Gasteiger partial charge is 0.416 e. The summed E-state index contributed by atoms with van der Waals surface area (Å²) in [4.78, 5) is 1.42. The van der Waals surface area contributed by atoms with Crippen molar-refractivity contribution in [2.24, 2.45) is 0 Å². The molecule has 0 aliphatic heterocycles. The Morgan fingerprint density at radius 3 is 0.549 bits per heavy atom. The Morgan fingerprint density at radius 1 is 0.207 bits per heavy atom. The van der Waals surface area contributed by atoms with Crippen molar-refractivity contribution in [3.63, 3.8) is 0 Å². The molecule has 0 unspecified atom stereocenters. The molecule has 0 aliphatic rings. The molecule has 0 radical (unpaired) electrons. The second kappa shape index (κ2) is 21.6. The van der Waals surface area contributed by atoms with E-state index in [0.29, 0.717) is 18.2 Å². The highest BCUT2D eigenvalue weighted by Gasteiger charge is 2.86. The standard InChI is InChI=1S/C54H30F27N/c55-46(56,57)43(47(58,59)60,48(61,62)63)37-7-1-4-34(28-37)13-10-31-16-22-40(23-17-31)82(41-24-18-32(19-25-41)11-14-35-5-2-8-38(29-35)44(49(64,65)66,50(67,68)69)51(70,71)72)42-26-20-33(21-27-42)12-15-36-6-3-9-39(30-36)45(52(73,74)75,53(76,77)78)54(79,80)81/h1-30H/b13-10+,14-11+,15-12+. The van der Waals surface area contributed by atoms with Crippen LogP contribution in [0.1, 0.15) is 50.1 Å². The van der Waals surface area contributed by atoms with E-state index in [9.17, 15) is 119 Å². The van der Waals surface area contributed by atoms with Gasteiger partial charge in [-0.15, -0.1) is 0 Å². The first-order valence-corrected chi connectivity index (χ1v) is 22.4. The lowest BCUT2D eigenvalue weighted by molar-refractivity contribution is -0.389. The number of nitrogens with zero attached hydrogens (tertiary/aromatic N) is 1. The summed E-state index contributed by atoms with van der Waals surface area (Å²) in [5.74, 6) is 0. The second-order valence-electron chi connectivity index (χ2n) is 17.7. The third-order valence-corrected chi connectivity index (χ3v) is 12.6.